The summed E-state index contributed by atoms with van der Waals surface area (Å²) < 4.78 is 5.78. The van der Waals surface area contributed by atoms with Crippen LogP contribution >= 0.6 is 0 Å². The maximum Gasteiger partial charge on any atom is 0.310 e. The number of allylic oxidation sites excluding steroid dienone is 2. The maximum atomic E-state index is 13.0. The third-order valence-corrected chi connectivity index (χ3v) is 11.8. The van der Waals surface area contributed by atoms with Gasteiger partial charge in [0.15, 0.2) is 0 Å². The Balaban J connectivity index is 1.47. The lowest BCUT2D eigenvalue weighted by Gasteiger charge is -2.68. The summed E-state index contributed by atoms with van der Waals surface area (Å²) in [7, 11) is 0. The van der Waals surface area contributed by atoms with Crippen molar-refractivity contribution in [2.45, 2.75) is 112 Å². The first-order valence-corrected chi connectivity index (χ1v) is 13.7. The predicted octanol–water partition coefficient (Wildman–Crippen LogP) is 5.82. The van der Waals surface area contributed by atoms with Crippen molar-refractivity contribution in [2.75, 3.05) is 0 Å². The zero-order valence-electron chi connectivity index (χ0n) is 22.4. The number of ether oxygens (including phenoxy) is 1. The molecule has 10 atom stereocenters. The molecule has 0 amide bonds. The van der Waals surface area contributed by atoms with Crippen LogP contribution in [-0.2, 0) is 9.53 Å². The van der Waals surface area contributed by atoms with E-state index in [4.69, 9.17) is 4.74 Å². The first kappa shape index (κ1) is 24.6. The zero-order chi connectivity index (χ0) is 24.8. The number of hydrogen-bond donors (Lipinski definition) is 2. The van der Waals surface area contributed by atoms with Crippen molar-refractivity contribution < 1.29 is 19.7 Å². The smallest absolute Gasteiger partial charge is 0.310 e. The molecule has 0 spiro atoms. The largest absolute Gasteiger partial charge is 0.458 e. The number of esters is 1. The molecule has 4 fully saturated rings. The summed E-state index contributed by atoms with van der Waals surface area (Å²) in [6, 6.07) is 0. The summed E-state index contributed by atoms with van der Waals surface area (Å²) in [5, 5.41) is 22.7. The number of cyclic esters (lactones) is 1. The number of carbonyl (C=O) groups is 1. The molecule has 0 unspecified atom stereocenters. The summed E-state index contributed by atoms with van der Waals surface area (Å²) in [5.74, 6) is 0.870. The van der Waals surface area contributed by atoms with Crippen LogP contribution in [0.3, 0.4) is 0 Å². The lowest BCUT2D eigenvalue weighted by molar-refractivity contribution is -0.212. The van der Waals surface area contributed by atoms with Gasteiger partial charge in [0.2, 0.25) is 0 Å². The molecule has 1 saturated heterocycles. The highest BCUT2D eigenvalue weighted by Crippen LogP contribution is 2.73. The SMILES string of the molecule is CC(C)=C[C@@H]1C[C@H]([C@@H]2CC=C3[C@]4(C)[C@H](O)C[C@@H]5C(C)(C)[C@@H](O)CC[C@]5(C)[C@H]4CC[C@]32C)C(=O)O1. The number of fused-ring (bicyclic) bond motifs is 5. The van der Waals surface area contributed by atoms with Gasteiger partial charge >= 0.3 is 5.97 Å². The molecule has 2 N–H and O–H groups in total. The fraction of sp³-hybridized carbons (Fsp3) is 0.833. The lowest BCUT2D eigenvalue weighted by Crippen LogP contribution is -2.65. The molecule has 0 radical (unpaired) electrons. The monoisotopic (exact) mass is 470 g/mol. The van der Waals surface area contributed by atoms with Crippen LogP contribution in [0.4, 0.5) is 0 Å². The summed E-state index contributed by atoms with van der Waals surface area (Å²) in [6.07, 6.45) is 10.1. The second-order valence-electron chi connectivity index (χ2n) is 14.0. The standard InChI is InChI=1S/C30H46O4/c1-17(2)14-18-15-19(26(33)34-18)20-8-9-21-28(20,5)12-10-22-29(6)13-11-24(31)27(3,4)23(29)16-25(32)30(21,22)7/h9,14,18-20,22-25,31-32H,8,10-13,15-16H2,1-7H3/t18-,19-,20+,22-,23-,24+,25-,28+,29-,30+/m1/s1. The van der Waals surface area contributed by atoms with E-state index in [0.717, 1.165) is 44.9 Å². The molecule has 190 valence electrons. The molecule has 34 heavy (non-hydrogen) atoms. The quantitative estimate of drug-likeness (QED) is 0.394. The van der Waals surface area contributed by atoms with E-state index in [9.17, 15) is 15.0 Å². The Morgan fingerprint density at radius 3 is 2.38 bits per heavy atom. The van der Waals surface area contributed by atoms with Gasteiger partial charge in [0.05, 0.1) is 18.1 Å². The zero-order valence-corrected chi connectivity index (χ0v) is 22.4. The van der Waals surface area contributed by atoms with Crippen LogP contribution in [0, 0.1) is 45.3 Å². The van der Waals surface area contributed by atoms with Crippen molar-refractivity contribution in [1.82, 2.24) is 0 Å². The highest BCUT2D eigenvalue weighted by molar-refractivity contribution is 5.76. The molecule has 4 heteroatoms. The number of hydrogen-bond acceptors (Lipinski definition) is 4. The molecule has 0 aromatic carbocycles. The van der Waals surface area contributed by atoms with Gasteiger partial charge in [-0.15, -0.1) is 0 Å². The van der Waals surface area contributed by atoms with E-state index in [-0.39, 0.29) is 51.7 Å². The minimum absolute atomic E-state index is 0.0325. The Labute approximate surface area is 206 Å². The minimum Gasteiger partial charge on any atom is -0.458 e. The van der Waals surface area contributed by atoms with Crippen LogP contribution in [0.5, 0.6) is 0 Å². The van der Waals surface area contributed by atoms with Crippen molar-refractivity contribution >= 4 is 5.97 Å². The molecule has 0 aromatic heterocycles. The van der Waals surface area contributed by atoms with Crippen LogP contribution in [0.15, 0.2) is 23.3 Å². The van der Waals surface area contributed by atoms with Crippen LogP contribution in [-0.4, -0.2) is 34.5 Å². The summed E-state index contributed by atoms with van der Waals surface area (Å²) in [4.78, 5) is 13.0. The van der Waals surface area contributed by atoms with Crippen LogP contribution < -0.4 is 0 Å². The van der Waals surface area contributed by atoms with Gasteiger partial charge < -0.3 is 14.9 Å². The van der Waals surface area contributed by atoms with Crippen LogP contribution in [0.25, 0.3) is 0 Å². The van der Waals surface area contributed by atoms with Crippen molar-refractivity contribution in [3.05, 3.63) is 23.3 Å². The molecule has 0 aromatic rings. The molecular weight excluding hydrogens is 424 g/mol. The number of carbonyl (C=O) groups excluding carboxylic acids is 1. The van der Waals surface area contributed by atoms with Crippen molar-refractivity contribution in [3.8, 4) is 0 Å². The van der Waals surface area contributed by atoms with E-state index in [1.807, 2.05) is 0 Å². The molecule has 1 heterocycles. The highest BCUT2D eigenvalue weighted by Gasteiger charge is 2.68. The second kappa shape index (κ2) is 7.68. The van der Waals surface area contributed by atoms with E-state index >= 15 is 0 Å². The van der Waals surface area contributed by atoms with E-state index in [2.05, 4.69) is 60.6 Å². The van der Waals surface area contributed by atoms with E-state index in [1.165, 1.54) is 11.1 Å². The molecule has 1 aliphatic heterocycles. The second-order valence-corrected chi connectivity index (χ2v) is 14.0. The predicted molar refractivity (Wildman–Crippen MR) is 134 cm³/mol. The molecular formula is C30H46O4. The van der Waals surface area contributed by atoms with Crippen LogP contribution in [0.1, 0.15) is 93.4 Å². The van der Waals surface area contributed by atoms with Crippen molar-refractivity contribution in [2.24, 2.45) is 45.3 Å². The van der Waals surface area contributed by atoms with Gasteiger partial charge in [-0.1, -0.05) is 51.8 Å². The average Bonchev–Trinajstić information content (AvgIpc) is 3.26. The van der Waals surface area contributed by atoms with Crippen molar-refractivity contribution in [1.29, 1.82) is 0 Å². The van der Waals surface area contributed by atoms with Gasteiger partial charge in [0, 0.05) is 11.8 Å². The Morgan fingerprint density at radius 2 is 1.71 bits per heavy atom. The Hall–Kier alpha value is -1.13. The van der Waals surface area contributed by atoms with Crippen molar-refractivity contribution in [3.63, 3.8) is 0 Å². The molecule has 3 saturated carbocycles. The van der Waals surface area contributed by atoms with Gasteiger partial charge in [-0.3, -0.25) is 4.79 Å². The minimum atomic E-state index is -0.418. The van der Waals surface area contributed by atoms with Gasteiger partial charge in [-0.2, -0.15) is 0 Å². The summed E-state index contributed by atoms with van der Waals surface area (Å²) in [6.45, 7) is 15.7. The lowest BCUT2D eigenvalue weighted by atomic mass is 9.37. The third-order valence-electron chi connectivity index (χ3n) is 11.8. The average molecular weight is 471 g/mol. The van der Waals surface area contributed by atoms with Gasteiger partial charge in [0.25, 0.3) is 0 Å². The normalized spacial score (nSPS) is 51.6. The molecule has 5 aliphatic rings. The number of aliphatic hydroxyl groups excluding tert-OH is 2. The topological polar surface area (TPSA) is 66.8 Å². The highest BCUT2D eigenvalue weighted by atomic mass is 16.5. The van der Waals surface area contributed by atoms with Gasteiger partial charge in [0.1, 0.15) is 6.10 Å². The number of aliphatic hydroxyl groups is 2. The van der Waals surface area contributed by atoms with Gasteiger partial charge in [-0.05, 0) is 92.4 Å². The third kappa shape index (κ3) is 3.13. The molecule has 4 nitrogen and oxygen atoms in total. The fourth-order valence-corrected chi connectivity index (χ4v) is 10.0. The first-order valence-electron chi connectivity index (χ1n) is 13.7. The maximum absolute atomic E-state index is 13.0. The van der Waals surface area contributed by atoms with E-state index < -0.39 is 6.10 Å². The Morgan fingerprint density at radius 1 is 1.00 bits per heavy atom. The Kier molecular flexibility index (Phi) is 5.55. The number of rotatable bonds is 2. The molecule has 0 bridgehead atoms. The van der Waals surface area contributed by atoms with Crippen LogP contribution in [0.2, 0.25) is 0 Å². The molecule has 4 aliphatic carbocycles. The van der Waals surface area contributed by atoms with E-state index in [1.54, 1.807) is 0 Å². The van der Waals surface area contributed by atoms with E-state index in [0.29, 0.717) is 11.8 Å². The molecule has 5 rings (SSSR count). The summed E-state index contributed by atoms with van der Waals surface area (Å²) in [5.41, 5.74) is 2.19. The Bertz CT molecular complexity index is 928. The first-order chi connectivity index (χ1) is 15.8. The summed E-state index contributed by atoms with van der Waals surface area (Å²) >= 11 is 0. The fourth-order valence-electron chi connectivity index (χ4n) is 10.0. The van der Waals surface area contributed by atoms with Gasteiger partial charge in [-0.25, -0.2) is 0 Å².